The van der Waals surface area contributed by atoms with Crippen LogP contribution in [0.2, 0.25) is 0 Å². The fourth-order valence-electron chi connectivity index (χ4n) is 2.64. The minimum absolute atomic E-state index is 0.428. The molecule has 3 rings (SSSR count). The predicted molar refractivity (Wildman–Crippen MR) is 80.0 cm³/mol. The zero-order valence-electron chi connectivity index (χ0n) is 11.9. The van der Waals surface area contributed by atoms with Gasteiger partial charge >= 0.3 is 23.9 Å². The molecule has 0 aliphatic carbocycles. The third kappa shape index (κ3) is 2.51. The molecule has 11 heteroatoms. The highest BCUT2D eigenvalue weighted by Crippen LogP contribution is 2.31. The standard InChI is InChI=1S/C13H11N5O6/c19-11-12(20)17-9(16-11)7(13(21)22)8-10(18(23)24)15-6-4-2-1-3-5(6)14-8/h1-4,7-8,10,14-15H,(H,21,22)(H,16,17,19,20). The number of carbonyl (C=O) groups excluding carboxylic acids is 2. The lowest BCUT2D eigenvalue weighted by molar-refractivity contribution is -0.518. The Morgan fingerprint density at radius 2 is 1.88 bits per heavy atom. The van der Waals surface area contributed by atoms with Crippen LogP contribution in [0, 0.1) is 16.0 Å². The number of carboxylic acids is 1. The first-order chi connectivity index (χ1) is 11.4. The normalized spacial score (nSPS) is 23.2. The molecule has 0 saturated carbocycles. The first kappa shape index (κ1) is 15.4. The largest absolute Gasteiger partial charge is 0.481 e. The number of rotatable bonds is 4. The SMILES string of the molecule is O=C1N=C(C(C(=O)O)C2Nc3ccccc3NC2[N+](=O)[O-])NC1=O. The molecular weight excluding hydrogens is 322 g/mol. The van der Waals surface area contributed by atoms with Crippen LogP contribution in [0.1, 0.15) is 0 Å². The van der Waals surface area contributed by atoms with Gasteiger partial charge in [0.25, 0.3) is 0 Å². The summed E-state index contributed by atoms with van der Waals surface area (Å²) in [7, 11) is 0. The number of amides is 2. The number of aliphatic imine (C=N–C) groups is 1. The minimum Gasteiger partial charge on any atom is -0.481 e. The van der Waals surface area contributed by atoms with E-state index < -0.39 is 46.7 Å². The molecule has 0 saturated heterocycles. The molecule has 11 nitrogen and oxygen atoms in total. The molecule has 2 aliphatic heterocycles. The molecule has 2 aliphatic rings. The van der Waals surface area contributed by atoms with Crippen LogP contribution in [-0.4, -0.2) is 45.9 Å². The van der Waals surface area contributed by atoms with Crippen LogP contribution in [0.25, 0.3) is 0 Å². The summed E-state index contributed by atoms with van der Waals surface area (Å²) in [5.74, 6) is -5.70. The molecule has 2 amide bonds. The number of anilines is 2. The van der Waals surface area contributed by atoms with Crippen molar-refractivity contribution in [3.63, 3.8) is 0 Å². The molecule has 24 heavy (non-hydrogen) atoms. The highest BCUT2D eigenvalue weighted by atomic mass is 16.6. The van der Waals surface area contributed by atoms with Gasteiger partial charge in [-0.05, 0) is 12.1 Å². The number of para-hydroxylation sites is 2. The van der Waals surface area contributed by atoms with Gasteiger partial charge in [-0.15, -0.1) is 0 Å². The van der Waals surface area contributed by atoms with Crippen LogP contribution in [-0.2, 0) is 14.4 Å². The number of nitrogens with one attached hydrogen (secondary N) is 3. The van der Waals surface area contributed by atoms with Crippen molar-refractivity contribution in [2.24, 2.45) is 10.9 Å². The lowest BCUT2D eigenvalue weighted by atomic mass is 9.93. The van der Waals surface area contributed by atoms with Crippen molar-refractivity contribution in [3.8, 4) is 0 Å². The summed E-state index contributed by atoms with van der Waals surface area (Å²) in [5.41, 5.74) is 0.899. The molecule has 0 aromatic heterocycles. The van der Waals surface area contributed by atoms with Gasteiger partial charge < -0.3 is 21.1 Å². The third-order valence-corrected chi connectivity index (χ3v) is 3.70. The van der Waals surface area contributed by atoms with Crippen LogP contribution < -0.4 is 16.0 Å². The number of nitro groups is 1. The Balaban J connectivity index is 2.01. The van der Waals surface area contributed by atoms with Crippen LogP contribution in [0.15, 0.2) is 29.3 Å². The Morgan fingerprint density at radius 1 is 1.25 bits per heavy atom. The number of aliphatic carboxylic acids is 1. The molecule has 0 radical (unpaired) electrons. The van der Waals surface area contributed by atoms with Crippen molar-refractivity contribution in [2.45, 2.75) is 12.2 Å². The van der Waals surface area contributed by atoms with Gasteiger partial charge in [-0.3, -0.25) is 24.5 Å². The van der Waals surface area contributed by atoms with Gasteiger partial charge in [0.2, 0.25) is 0 Å². The molecule has 0 spiro atoms. The summed E-state index contributed by atoms with van der Waals surface area (Å²) in [5, 5.41) is 28.3. The molecule has 124 valence electrons. The highest BCUT2D eigenvalue weighted by Gasteiger charge is 2.48. The van der Waals surface area contributed by atoms with E-state index in [-0.39, 0.29) is 0 Å². The van der Waals surface area contributed by atoms with Crippen LogP contribution in [0.5, 0.6) is 0 Å². The van der Waals surface area contributed by atoms with E-state index in [0.29, 0.717) is 11.4 Å². The fraction of sp³-hybridized carbons (Fsp3) is 0.231. The Bertz CT molecular complexity index is 791. The van der Waals surface area contributed by atoms with E-state index >= 15 is 0 Å². The van der Waals surface area contributed by atoms with E-state index in [1.165, 1.54) is 0 Å². The summed E-state index contributed by atoms with van der Waals surface area (Å²) >= 11 is 0. The number of carboxylic acid groups (broad SMARTS) is 1. The predicted octanol–water partition coefficient (Wildman–Crippen LogP) is -0.749. The molecule has 1 aromatic rings. The highest BCUT2D eigenvalue weighted by molar-refractivity contribution is 6.45. The summed E-state index contributed by atoms with van der Waals surface area (Å²) in [6.07, 6.45) is -1.50. The van der Waals surface area contributed by atoms with Gasteiger partial charge in [0.1, 0.15) is 17.8 Å². The molecule has 3 unspecified atom stereocenters. The molecule has 4 N–H and O–H groups in total. The second-order valence-corrected chi connectivity index (χ2v) is 5.16. The summed E-state index contributed by atoms with van der Waals surface area (Å²) in [6.45, 7) is 0. The lowest BCUT2D eigenvalue weighted by Gasteiger charge is -2.33. The smallest absolute Gasteiger partial charge is 0.337 e. The lowest BCUT2D eigenvalue weighted by Crippen LogP contribution is -2.57. The zero-order chi connectivity index (χ0) is 17.4. The Morgan fingerprint density at radius 3 is 2.38 bits per heavy atom. The second kappa shape index (κ2) is 5.61. The van der Waals surface area contributed by atoms with Gasteiger partial charge in [0.15, 0.2) is 0 Å². The van der Waals surface area contributed by atoms with Crippen LogP contribution >= 0.6 is 0 Å². The summed E-state index contributed by atoms with van der Waals surface area (Å²) < 4.78 is 0. The Hall–Kier alpha value is -3.50. The first-order valence-electron chi connectivity index (χ1n) is 6.81. The number of benzene rings is 1. The van der Waals surface area contributed by atoms with Crippen molar-refractivity contribution >= 4 is 35.0 Å². The first-order valence-corrected chi connectivity index (χ1v) is 6.81. The number of amidine groups is 1. The number of nitrogens with zero attached hydrogens (tertiary/aromatic N) is 2. The Kier molecular flexibility index (Phi) is 3.60. The van der Waals surface area contributed by atoms with Gasteiger partial charge in [0, 0.05) is 4.92 Å². The van der Waals surface area contributed by atoms with Gasteiger partial charge in [-0.1, -0.05) is 12.1 Å². The van der Waals surface area contributed by atoms with Crippen molar-refractivity contribution in [1.82, 2.24) is 5.32 Å². The molecular formula is C13H11N5O6. The Labute approximate surface area is 133 Å². The van der Waals surface area contributed by atoms with E-state index in [1.54, 1.807) is 24.3 Å². The zero-order valence-corrected chi connectivity index (χ0v) is 11.9. The summed E-state index contributed by atoms with van der Waals surface area (Å²) in [6, 6.07) is 5.27. The molecule has 1 aromatic carbocycles. The van der Waals surface area contributed by atoms with E-state index in [9.17, 15) is 29.6 Å². The maximum absolute atomic E-state index is 11.6. The van der Waals surface area contributed by atoms with Crippen molar-refractivity contribution in [2.75, 3.05) is 10.6 Å². The van der Waals surface area contributed by atoms with E-state index in [0.717, 1.165) is 0 Å². The number of carbonyl (C=O) groups is 3. The van der Waals surface area contributed by atoms with Crippen LogP contribution in [0.4, 0.5) is 11.4 Å². The fourth-order valence-corrected chi connectivity index (χ4v) is 2.64. The number of hydrogen-bond acceptors (Lipinski definition) is 7. The van der Waals surface area contributed by atoms with Crippen LogP contribution in [0.3, 0.4) is 0 Å². The van der Waals surface area contributed by atoms with E-state index in [2.05, 4.69) is 20.9 Å². The maximum Gasteiger partial charge on any atom is 0.337 e. The van der Waals surface area contributed by atoms with Crippen molar-refractivity contribution in [1.29, 1.82) is 0 Å². The monoisotopic (exact) mass is 333 g/mol. The minimum atomic E-state index is -1.60. The van der Waals surface area contributed by atoms with Crippen molar-refractivity contribution < 1.29 is 24.4 Å². The molecule has 2 heterocycles. The third-order valence-electron chi connectivity index (χ3n) is 3.70. The van der Waals surface area contributed by atoms with Crippen molar-refractivity contribution in [3.05, 3.63) is 34.4 Å². The maximum atomic E-state index is 11.6. The molecule has 3 atom stereocenters. The van der Waals surface area contributed by atoms with E-state index in [1.807, 2.05) is 0 Å². The van der Waals surface area contributed by atoms with Gasteiger partial charge in [-0.25, -0.2) is 0 Å². The molecule has 0 bridgehead atoms. The number of fused-ring (bicyclic) bond motifs is 1. The topological polar surface area (TPSA) is 163 Å². The van der Waals surface area contributed by atoms with Gasteiger partial charge in [0.05, 0.1) is 11.4 Å². The van der Waals surface area contributed by atoms with Gasteiger partial charge in [-0.2, -0.15) is 4.99 Å². The quantitative estimate of drug-likeness (QED) is 0.318. The second-order valence-electron chi connectivity index (χ2n) is 5.16. The van der Waals surface area contributed by atoms with E-state index in [4.69, 9.17) is 0 Å². The average Bonchev–Trinajstić information content (AvgIpc) is 2.85. The number of hydrogen-bond donors (Lipinski definition) is 4. The molecule has 0 fully saturated rings. The average molecular weight is 333 g/mol. The summed E-state index contributed by atoms with van der Waals surface area (Å²) in [4.78, 5) is 48.2.